The molecule has 1 saturated heterocycles. The van der Waals surface area contributed by atoms with Gasteiger partial charge in [0.15, 0.2) is 0 Å². The molecule has 6 heteroatoms. The summed E-state index contributed by atoms with van der Waals surface area (Å²) in [6.45, 7) is 5.60. The molecule has 1 aliphatic rings. The van der Waals surface area contributed by atoms with Crippen molar-refractivity contribution >= 4 is 21.6 Å². The number of likely N-dealkylation sites (tertiary alicyclic amines) is 1. The van der Waals surface area contributed by atoms with Gasteiger partial charge in [-0.05, 0) is 49.8 Å². The normalized spacial score (nSPS) is 18.6. The summed E-state index contributed by atoms with van der Waals surface area (Å²) in [5.41, 5.74) is 1.00. The number of amides is 1. The number of nitrogens with zero attached hydrogens (tertiary/aromatic N) is 1. The summed E-state index contributed by atoms with van der Waals surface area (Å²) in [4.78, 5) is 14.7. The number of benzene rings is 1. The number of carbonyl (C=O) groups is 1. The molecule has 25 heavy (non-hydrogen) atoms. The van der Waals surface area contributed by atoms with Gasteiger partial charge in [0.25, 0.3) is 5.91 Å². The summed E-state index contributed by atoms with van der Waals surface area (Å²) >= 11 is 0. The summed E-state index contributed by atoms with van der Waals surface area (Å²) in [5, 5.41) is 0. The Morgan fingerprint density at radius 3 is 2.72 bits per heavy atom. The third-order valence-corrected chi connectivity index (χ3v) is 6.18. The number of rotatable bonds is 7. The van der Waals surface area contributed by atoms with E-state index in [0.29, 0.717) is 17.7 Å². The third-order valence-electron chi connectivity index (χ3n) is 4.69. The van der Waals surface area contributed by atoms with Crippen molar-refractivity contribution < 1.29 is 13.2 Å². The molecule has 0 aliphatic carbocycles. The van der Waals surface area contributed by atoms with E-state index in [9.17, 15) is 13.2 Å². The topological polar surface area (TPSA) is 66.5 Å². The van der Waals surface area contributed by atoms with Crippen LogP contribution >= 0.6 is 0 Å². The Hall–Kier alpha value is -1.56. The summed E-state index contributed by atoms with van der Waals surface area (Å²) in [5.74, 6) is 0.791. The first-order valence-corrected chi connectivity index (χ1v) is 11.0. The lowest BCUT2D eigenvalue weighted by molar-refractivity contribution is 0.0760. The molecule has 1 fully saturated rings. The molecule has 1 heterocycles. The van der Waals surface area contributed by atoms with Gasteiger partial charge in [-0.1, -0.05) is 32.8 Å². The van der Waals surface area contributed by atoms with Crippen molar-refractivity contribution in [1.82, 2.24) is 4.90 Å². The van der Waals surface area contributed by atoms with Gasteiger partial charge in [-0.15, -0.1) is 0 Å². The van der Waals surface area contributed by atoms with Crippen molar-refractivity contribution in [3.63, 3.8) is 0 Å². The van der Waals surface area contributed by atoms with Crippen LogP contribution in [0.15, 0.2) is 24.3 Å². The zero-order valence-corrected chi connectivity index (χ0v) is 16.1. The van der Waals surface area contributed by atoms with Crippen molar-refractivity contribution in [2.45, 2.75) is 52.4 Å². The van der Waals surface area contributed by atoms with Crippen molar-refractivity contribution in [2.75, 3.05) is 23.6 Å². The molecule has 0 spiro atoms. The molecule has 1 aromatic carbocycles. The Morgan fingerprint density at radius 2 is 2.00 bits per heavy atom. The first-order valence-electron chi connectivity index (χ1n) is 9.35. The van der Waals surface area contributed by atoms with Crippen LogP contribution < -0.4 is 4.72 Å². The molecule has 5 nitrogen and oxygen atoms in total. The van der Waals surface area contributed by atoms with E-state index in [0.717, 1.165) is 31.8 Å². The van der Waals surface area contributed by atoms with Crippen LogP contribution in [0.1, 0.15) is 62.7 Å². The predicted octanol–water partition coefficient (Wildman–Crippen LogP) is 3.88. The fourth-order valence-electron chi connectivity index (χ4n) is 3.46. The van der Waals surface area contributed by atoms with E-state index in [1.165, 1.54) is 19.3 Å². The van der Waals surface area contributed by atoms with Crippen LogP contribution in [0, 0.1) is 5.92 Å². The van der Waals surface area contributed by atoms with Crippen LogP contribution in [0.4, 0.5) is 5.69 Å². The zero-order valence-electron chi connectivity index (χ0n) is 15.3. The van der Waals surface area contributed by atoms with Crippen LogP contribution in [-0.2, 0) is 10.0 Å². The minimum absolute atomic E-state index is 0.00584. The number of hydrogen-bond donors (Lipinski definition) is 1. The van der Waals surface area contributed by atoms with E-state index in [-0.39, 0.29) is 11.7 Å². The van der Waals surface area contributed by atoms with Crippen LogP contribution in [0.3, 0.4) is 0 Å². The van der Waals surface area contributed by atoms with Crippen molar-refractivity contribution in [2.24, 2.45) is 5.92 Å². The lowest BCUT2D eigenvalue weighted by Crippen LogP contribution is -2.32. The van der Waals surface area contributed by atoms with Gasteiger partial charge in [0, 0.05) is 24.3 Å². The lowest BCUT2D eigenvalue weighted by atomic mass is 9.96. The van der Waals surface area contributed by atoms with Crippen LogP contribution in [0.5, 0.6) is 0 Å². The van der Waals surface area contributed by atoms with E-state index in [1.54, 1.807) is 24.3 Å². The maximum atomic E-state index is 12.8. The van der Waals surface area contributed by atoms with Crippen molar-refractivity contribution in [3.8, 4) is 0 Å². The molecule has 1 atom stereocenters. The molecular formula is C19H30N2O3S. The summed E-state index contributed by atoms with van der Waals surface area (Å²) < 4.78 is 26.4. The summed E-state index contributed by atoms with van der Waals surface area (Å²) in [7, 11) is -3.35. The Labute approximate surface area is 151 Å². The molecule has 0 aromatic heterocycles. The van der Waals surface area contributed by atoms with Crippen LogP contribution in [0.2, 0.25) is 0 Å². The SMILES string of the molecule is CCCC1CCCN(C(=O)c2cccc(NS(=O)(=O)CCC)c2)CC1. The predicted molar refractivity (Wildman–Crippen MR) is 102 cm³/mol. The molecule has 140 valence electrons. The second-order valence-electron chi connectivity index (χ2n) is 6.88. The molecule has 0 saturated carbocycles. The van der Waals surface area contributed by atoms with E-state index < -0.39 is 10.0 Å². The third kappa shape index (κ3) is 6.03. The number of nitrogens with one attached hydrogen (secondary N) is 1. The van der Waals surface area contributed by atoms with Gasteiger partial charge < -0.3 is 4.90 Å². The van der Waals surface area contributed by atoms with Gasteiger partial charge in [-0.25, -0.2) is 8.42 Å². The smallest absolute Gasteiger partial charge is 0.253 e. The fourth-order valence-corrected chi connectivity index (χ4v) is 4.59. The minimum atomic E-state index is -3.35. The standard InChI is InChI=1S/C19H30N2O3S/c1-3-7-16-8-6-12-21(13-11-16)19(22)17-9-5-10-18(15-17)20-25(23,24)14-4-2/h5,9-10,15-16,20H,3-4,6-8,11-14H2,1-2H3. The molecule has 1 N–H and O–H groups in total. The van der Waals surface area contributed by atoms with E-state index in [1.807, 2.05) is 11.8 Å². The summed E-state index contributed by atoms with van der Waals surface area (Å²) in [6, 6.07) is 6.82. The van der Waals surface area contributed by atoms with E-state index in [4.69, 9.17) is 0 Å². The number of hydrogen-bond acceptors (Lipinski definition) is 3. The van der Waals surface area contributed by atoms with E-state index >= 15 is 0 Å². The number of sulfonamides is 1. The van der Waals surface area contributed by atoms with Gasteiger partial charge in [0.05, 0.1) is 5.75 Å². The van der Waals surface area contributed by atoms with E-state index in [2.05, 4.69) is 11.6 Å². The number of carbonyl (C=O) groups excluding carboxylic acids is 1. The Balaban J connectivity index is 2.05. The molecule has 1 unspecified atom stereocenters. The molecule has 2 rings (SSSR count). The van der Waals surface area contributed by atoms with Gasteiger partial charge in [0.2, 0.25) is 10.0 Å². The van der Waals surface area contributed by atoms with Gasteiger partial charge in [0.1, 0.15) is 0 Å². The minimum Gasteiger partial charge on any atom is -0.339 e. The van der Waals surface area contributed by atoms with Crippen LogP contribution in [0.25, 0.3) is 0 Å². The van der Waals surface area contributed by atoms with Crippen molar-refractivity contribution in [3.05, 3.63) is 29.8 Å². The molecule has 1 amide bonds. The van der Waals surface area contributed by atoms with Crippen molar-refractivity contribution in [1.29, 1.82) is 0 Å². The Morgan fingerprint density at radius 1 is 1.20 bits per heavy atom. The maximum Gasteiger partial charge on any atom is 0.253 e. The highest BCUT2D eigenvalue weighted by molar-refractivity contribution is 7.92. The molecule has 0 radical (unpaired) electrons. The quantitative estimate of drug-likeness (QED) is 0.796. The monoisotopic (exact) mass is 366 g/mol. The van der Waals surface area contributed by atoms with Gasteiger partial charge >= 0.3 is 0 Å². The molecular weight excluding hydrogens is 336 g/mol. The second-order valence-corrected chi connectivity index (χ2v) is 8.72. The second kappa shape index (κ2) is 9.22. The van der Waals surface area contributed by atoms with Gasteiger partial charge in [-0.3, -0.25) is 9.52 Å². The Kier molecular flexibility index (Phi) is 7.29. The highest BCUT2D eigenvalue weighted by Gasteiger charge is 2.21. The fraction of sp³-hybridized carbons (Fsp3) is 0.632. The first kappa shape index (κ1) is 19.8. The highest BCUT2D eigenvalue weighted by atomic mass is 32.2. The average Bonchev–Trinajstić information content (AvgIpc) is 2.80. The number of anilines is 1. The first-order chi connectivity index (χ1) is 11.9. The largest absolute Gasteiger partial charge is 0.339 e. The molecule has 1 aromatic rings. The highest BCUT2D eigenvalue weighted by Crippen LogP contribution is 2.23. The average molecular weight is 367 g/mol. The lowest BCUT2D eigenvalue weighted by Gasteiger charge is -2.21. The molecule has 0 bridgehead atoms. The molecule has 1 aliphatic heterocycles. The Bertz CT molecular complexity index is 673. The zero-order chi connectivity index (χ0) is 18.3. The summed E-state index contributed by atoms with van der Waals surface area (Å²) in [6.07, 6.45) is 6.27. The van der Waals surface area contributed by atoms with Crippen LogP contribution in [-0.4, -0.2) is 38.1 Å². The maximum absolute atomic E-state index is 12.8. The van der Waals surface area contributed by atoms with Gasteiger partial charge in [-0.2, -0.15) is 0 Å².